The second-order valence-electron chi connectivity index (χ2n) is 9.04. The SMILES string of the molecule is CCCCCCCCCCCCCCCCCC(=O)OC(=O)C(=O)OC(N)CCCCCN. The van der Waals surface area contributed by atoms with Gasteiger partial charge in [-0.2, -0.15) is 0 Å². The van der Waals surface area contributed by atoms with Crippen molar-refractivity contribution < 1.29 is 23.9 Å². The third kappa shape index (κ3) is 22.1. The van der Waals surface area contributed by atoms with Gasteiger partial charge in [-0.15, -0.1) is 0 Å². The molecule has 194 valence electrons. The van der Waals surface area contributed by atoms with Crippen LogP contribution in [-0.2, 0) is 23.9 Å². The number of ether oxygens (including phenoxy) is 2. The molecule has 33 heavy (non-hydrogen) atoms. The fourth-order valence-corrected chi connectivity index (χ4v) is 3.75. The van der Waals surface area contributed by atoms with Crippen molar-refractivity contribution in [2.24, 2.45) is 11.5 Å². The molecule has 0 aromatic rings. The van der Waals surface area contributed by atoms with E-state index in [1.807, 2.05) is 0 Å². The van der Waals surface area contributed by atoms with Crippen molar-refractivity contribution in [3.63, 3.8) is 0 Å². The maximum absolute atomic E-state index is 11.7. The smallest absolute Gasteiger partial charge is 0.425 e. The van der Waals surface area contributed by atoms with Crippen LogP contribution in [0.5, 0.6) is 0 Å². The van der Waals surface area contributed by atoms with Gasteiger partial charge in [0.05, 0.1) is 0 Å². The topological polar surface area (TPSA) is 122 Å². The first kappa shape index (κ1) is 31.5. The molecule has 7 heteroatoms. The van der Waals surface area contributed by atoms with Gasteiger partial charge in [0, 0.05) is 6.42 Å². The summed E-state index contributed by atoms with van der Waals surface area (Å²) in [6.07, 6.45) is 20.8. The zero-order valence-electron chi connectivity index (χ0n) is 21.1. The lowest BCUT2D eigenvalue weighted by Crippen LogP contribution is -2.32. The van der Waals surface area contributed by atoms with Crippen molar-refractivity contribution in [3.8, 4) is 0 Å². The first-order chi connectivity index (χ1) is 16.0. The highest BCUT2D eigenvalue weighted by atomic mass is 16.6. The quantitative estimate of drug-likeness (QED) is 0.0687. The largest absolute Gasteiger partial charge is 0.438 e. The standard InChI is InChI=1S/C26H50N2O5/c1-2-3-4-5-6-7-8-9-10-11-12-13-14-15-18-21-24(29)33-26(31)25(30)32-23(28)20-17-16-19-22-27/h23H,2-22,27-28H2,1H3. The fourth-order valence-electron chi connectivity index (χ4n) is 3.75. The Bertz CT molecular complexity index is 499. The zero-order chi connectivity index (χ0) is 24.6. The van der Waals surface area contributed by atoms with Gasteiger partial charge < -0.3 is 15.2 Å². The summed E-state index contributed by atoms with van der Waals surface area (Å²) in [5.74, 6) is -3.20. The predicted molar refractivity (Wildman–Crippen MR) is 132 cm³/mol. The summed E-state index contributed by atoms with van der Waals surface area (Å²) in [6.45, 7) is 2.85. The van der Waals surface area contributed by atoms with Gasteiger partial charge in [0.15, 0.2) is 6.23 Å². The molecular weight excluding hydrogens is 420 g/mol. The molecule has 0 radical (unpaired) electrons. The highest BCUT2D eigenvalue weighted by Crippen LogP contribution is 2.14. The highest BCUT2D eigenvalue weighted by Gasteiger charge is 2.23. The molecule has 0 aliphatic carbocycles. The summed E-state index contributed by atoms with van der Waals surface area (Å²) in [5.41, 5.74) is 11.1. The van der Waals surface area contributed by atoms with Crippen LogP contribution in [0.4, 0.5) is 0 Å². The van der Waals surface area contributed by atoms with Gasteiger partial charge in [-0.05, 0) is 32.2 Å². The summed E-state index contributed by atoms with van der Waals surface area (Å²) in [5, 5.41) is 0. The van der Waals surface area contributed by atoms with Gasteiger partial charge in [-0.3, -0.25) is 10.5 Å². The van der Waals surface area contributed by atoms with Crippen molar-refractivity contribution in [3.05, 3.63) is 0 Å². The average molecular weight is 471 g/mol. The van der Waals surface area contributed by atoms with Crippen LogP contribution >= 0.6 is 0 Å². The van der Waals surface area contributed by atoms with Gasteiger partial charge in [-0.1, -0.05) is 103 Å². The van der Waals surface area contributed by atoms with Crippen molar-refractivity contribution >= 4 is 17.9 Å². The minimum absolute atomic E-state index is 0.127. The van der Waals surface area contributed by atoms with Crippen LogP contribution in [0.15, 0.2) is 0 Å². The van der Waals surface area contributed by atoms with Gasteiger partial charge in [0.2, 0.25) is 0 Å². The summed E-state index contributed by atoms with van der Waals surface area (Å²) >= 11 is 0. The molecule has 0 rings (SSSR count). The van der Waals surface area contributed by atoms with Crippen LogP contribution in [0.25, 0.3) is 0 Å². The molecule has 0 bridgehead atoms. The van der Waals surface area contributed by atoms with Crippen LogP contribution < -0.4 is 11.5 Å². The Labute approximate surface area is 201 Å². The van der Waals surface area contributed by atoms with E-state index in [9.17, 15) is 14.4 Å². The van der Waals surface area contributed by atoms with E-state index in [4.69, 9.17) is 16.2 Å². The maximum Gasteiger partial charge on any atom is 0.425 e. The van der Waals surface area contributed by atoms with E-state index in [1.54, 1.807) is 0 Å². The number of carbonyl (C=O) groups excluding carboxylic acids is 3. The minimum atomic E-state index is -1.29. The molecule has 0 aliphatic heterocycles. The van der Waals surface area contributed by atoms with E-state index >= 15 is 0 Å². The van der Waals surface area contributed by atoms with E-state index in [-0.39, 0.29) is 6.42 Å². The fraction of sp³-hybridized carbons (Fsp3) is 0.885. The first-order valence-electron chi connectivity index (χ1n) is 13.4. The molecule has 0 saturated carbocycles. The minimum Gasteiger partial charge on any atom is -0.438 e. The molecule has 0 fully saturated rings. The Morgan fingerprint density at radius 1 is 0.636 bits per heavy atom. The number of carbonyl (C=O) groups is 3. The third-order valence-corrected chi connectivity index (χ3v) is 5.81. The van der Waals surface area contributed by atoms with E-state index in [0.29, 0.717) is 19.4 Å². The van der Waals surface area contributed by atoms with Crippen LogP contribution in [0.3, 0.4) is 0 Å². The zero-order valence-corrected chi connectivity index (χ0v) is 21.1. The number of unbranched alkanes of at least 4 members (excludes halogenated alkanes) is 16. The number of hydrogen-bond donors (Lipinski definition) is 2. The first-order valence-corrected chi connectivity index (χ1v) is 13.4. The molecule has 4 N–H and O–H groups in total. The molecule has 0 aromatic heterocycles. The van der Waals surface area contributed by atoms with Crippen molar-refractivity contribution in [1.29, 1.82) is 0 Å². The van der Waals surface area contributed by atoms with Gasteiger partial charge in [0.25, 0.3) is 0 Å². The number of nitrogens with two attached hydrogens (primary N) is 2. The second kappa shape index (κ2) is 23.7. The summed E-state index contributed by atoms with van der Waals surface area (Å²) in [7, 11) is 0. The second-order valence-corrected chi connectivity index (χ2v) is 9.04. The van der Waals surface area contributed by atoms with E-state index < -0.39 is 24.1 Å². The Balaban J connectivity index is 3.52. The molecule has 0 heterocycles. The number of rotatable bonds is 22. The molecule has 0 amide bonds. The molecule has 0 aromatic carbocycles. The molecule has 1 unspecified atom stereocenters. The number of esters is 3. The molecule has 7 nitrogen and oxygen atoms in total. The Morgan fingerprint density at radius 3 is 1.58 bits per heavy atom. The van der Waals surface area contributed by atoms with E-state index in [2.05, 4.69) is 11.7 Å². The molecule has 0 spiro atoms. The van der Waals surface area contributed by atoms with Crippen LogP contribution in [0.2, 0.25) is 0 Å². The van der Waals surface area contributed by atoms with Crippen LogP contribution in [-0.4, -0.2) is 30.7 Å². The van der Waals surface area contributed by atoms with Gasteiger partial charge >= 0.3 is 17.9 Å². The monoisotopic (exact) mass is 470 g/mol. The molecular formula is C26H50N2O5. The van der Waals surface area contributed by atoms with Crippen molar-refractivity contribution in [2.45, 2.75) is 142 Å². The Morgan fingerprint density at radius 2 is 1.09 bits per heavy atom. The van der Waals surface area contributed by atoms with Crippen molar-refractivity contribution in [1.82, 2.24) is 0 Å². The third-order valence-electron chi connectivity index (χ3n) is 5.81. The highest BCUT2D eigenvalue weighted by molar-refractivity contribution is 6.31. The summed E-state index contributed by atoms with van der Waals surface area (Å²) < 4.78 is 9.36. The molecule has 1 atom stereocenters. The molecule has 0 saturated heterocycles. The van der Waals surface area contributed by atoms with Crippen LogP contribution in [0.1, 0.15) is 135 Å². The van der Waals surface area contributed by atoms with Gasteiger partial charge in [-0.25, -0.2) is 9.59 Å². The lowest BCUT2D eigenvalue weighted by molar-refractivity contribution is -0.176. The Hall–Kier alpha value is -1.47. The summed E-state index contributed by atoms with van der Waals surface area (Å²) in [6, 6.07) is 0. The Kier molecular flexibility index (Phi) is 22.6. The molecule has 0 aliphatic rings. The van der Waals surface area contributed by atoms with Crippen molar-refractivity contribution in [2.75, 3.05) is 6.54 Å². The van der Waals surface area contributed by atoms with E-state index in [1.165, 1.54) is 77.0 Å². The average Bonchev–Trinajstić information content (AvgIpc) is 2.79. The lowest BCUT2D eigenvalue weighted by Gasteiger charge is -2.12. The van der Waals surface area contributed by atoms with Crippen LogP contribution in [0, 0.1) is 0 Å². The summed E-state index contributed by atoms with van der Waals surface area (Å²) in [4.78, 5) is 35.0. The predicted octanol–water partition coefficient (Wildman–Crippen LogP) is 5.66. The number of hydrogen-bond acceptors (Lipinski definition) is 7. The normalized spacial score (nSPS) is 11.8. The maximum atomic E-state index is 11.7. The van der Waals surface area contributed by atoms with E-state index in [0.717, 1.165) is 32.1 Å². The van der Waals surface area contributed by atoms with Gasteiger partial charge in [0.1, 0.15) is 0 Å². The lowest BCUT2D eigenvalue weighted by atomic mass is 10.0.